The molecule has 0 saturated heterocycles. The Morgan fingerprint density at radius 3 is 2.44 bits per heavy atom. The van der Waals surface area contributed by atoms with Crippen molar-refractivity contribution in [1.82, 2.24) is 0 Å². The van der Waals surface area contributed by atoms with Crippen LogP contribution in [0.5, 0.6) is 5.75 Å². The van der Waals surface area contributed by atoms with Gasteiger partial charge in [-0.1, -0.05) is 11.6 Å². The van der Waals surface area contributed by atoms with Crippen LogP contribution < -0.4 is 4.74 Å². The first kappa shape index (κ1) is 13.6. The van der Waals surface area contributed by atoms with Gasteiger partial charge in [0, 0.05) is 3.57 Å². The van der Waals surface area contributed by atoms with E-state index in [0.717, 1.165) is 6.92 Å². The average molecular weight is 364 g/mol. The Balaban J connectivity index is 3.32. The average Bonchev–Trinajstić information content (AvgIpc) is 2.10. The number of hydrogen-bond acceptors (Lipinski definition) is 2. The van der Waals surface area contributed by atoms with Gasteiger partial charge in [-0.25, -0.2) is 0 Å². The number of Topliss-reactive ketones (excluding diaryl/α,β-unsaturated/α-hetero) is 1. The molecule has 0 aromatic heterocycles. The van der Waals surface area contributed by atoms with E-state index in [-0.39, 0.29) is 10.6 Å². The molecule has 1 rings (SSSR count). The molecule has 0 unspecified atom stereocenters. The van der Waals surface area contributed by atoms with Crippen LogP contribution in [0.15, 0.2) is 12.1 Å². The Morgan fingerprint density at radius 2 is 2.00 bits per heavy atom. The quantitative estimate of drug-likeness (QED) is 0.585. The van der Waals surface area contributed by atoms with Crippen molar-refractivity contribution in [1.29, 1.82) is 0 Å². The molecule has 16 heavy (non-hydrogen) atoms. The minimum atomic E-state index is -4.88. The molecule has 0 atom stereocenters. The number of ether oxygens (including phenoxy) is 1. The first-order valence-corrected chi connectivity index (χ1v) is 5.42. The summed E-state index contributed by atoms with van der Waals surface area (Å²) in [7, 11) is 0. The molecular weight excluding hydrogens is 359 g/mol. The lowest BCUT2D eigenvalue weighted by molar-refractivity contribution is -0.274. The maximum Gasteiger partial charge on any atom is 0.573 e. The van der Waals surface area contributed by atoms with Crippen LogP contribution >= 0.6 is 34.2 Å². The van der Waals surface area contributed by atoms with E-state index in [9.17, 15) is 18.0 Å². The highest BCUT2D eigenvalue weighted by Gasteiger charge is 2.34. The van der Waals surface area contributed by atoms with Gasteiger partial charge in [0.15, 0.2) is 11.5 Å². The number of rotatable bonds is 2. The molecule has 0 aliphatic heterocycles. The van der Waals surface area contributed by atoms with E-state index < -0.39 is 17.9 Å². The molecule has 0 fully saturated rings. The minimum absolute atomic E-state index is 0.192. The largest absolute Gasteiger partial charge is 0.573 e. The van der Waals surface area contributed by atoms with Crippen molar-refractivity contribution in [3.63, 3.8) is 0 Å². The zero-order valence-corrected chi connectivity index (χ0v) is 10.8. The summed E-state index contributed by atoms with van der Waals surface area (Å²) in [6, 6.07) is 2.69. The van der Waals surface area contributed by atoms with Crippen LogP contribution in [-0.2, 0) is 0 Å². The highest BCUT2D eigenvalue weighted by Crippen LogP contribution is 2.36. The molecule has 0 spiro atoms. The van der Waals surface area contributed by atoms with E-state index in [1.54, 1.807) is 22.6 Å². The van der Waals surface area contributed by atoms with E-state index >= 15 is 0 Å². The Kier molecular flexibility index (Phi) is 4.06. The molecule has 0 heterocycles. The highest BCUT2D eigenvalue weighted by molar-refractivity contribution is 14.1. The van der Waals surface area contributed by atoms with Crippen molar-refractivity contribution in [3.05, 3.63) is 26.3 Å². The maximum atomic E-state index is 12.1. The summed E-state index contributed by atoms with van der Waals surface area (Å²) in [5, 5.41) is -0.217. The molecule has 0 amide bonds. The fourth-order valence-corrected chi connectivity index (χ4v) is 1.65. The van der Waals surface area contributed by atoms with Crippen molar-refractivity contribution < 1.29 is 22.7 Å². The lowest BCUT2D eigenvalue weighted by Crippen LogP contribution is -2.19. The molecule has 0 aliphatic rings. The number of ketones is 1. The maximum absolute atomic E-state index is 12.1. The number of carbonyl (C=O) groups excluding carboxylic acids is 1. The van der Waals surface area contributed by atoms with Crippen LogP contribution in [0.4, 0.5) is 13.2 Å². The zero-order chi connectivity index (χ0) is 12.5. The second-order valence-electron chi connectivity index (χ2n) is 2.84. The molecule has 0 saturated carbocycles. The van der Waals surface area contributed by atoms with Gasteiger partial charge < -0.3 is 4.74 Å². The molecular formula is C9H5ClF3IO2. The third-order valence-electron chi connectivity index (χ3n) is 1.65. The van der Waals surface area contributed by atoms with Crippen molar-refractivity contribution in [2.24, 2.45) is 0 Å². The summed E-state index contributed by atoms with van der Waals surface area (Å²) in [4.78, 5) is 11.1. The third-order valence-corrected chi connectivity index (χ3v) is 3.24. The van der Waals surface area contributed by atoms with Gasteiger partial charge in [-0.15, -0.1) is 13.2 Å². The summed E-state index contributed by atoms with van der Waals surface area (Å²) in [5.74, 6) is -1.19. The van der Waals surface area contributed by atoms with E-state index in [2.05, 4.69) is 4.74 Å². The molecule has 7 heteroatoms. The molecule has 88 valence electrons. The predicted molar refractivity (Wildman–Crippen MR) is 60.9 cm³/mol. The van der Waals surface area contributed by atoms with Gasteiger partial charge in [-0.05, 0) is 41.6 Å². The summed E-state index contributed by atoms with van der Waals surface area (Å²) >= 11 is 7.41. The molecule has 0 bridgehead atoms. The van der Waals surface area contributed by atoms with Gasteiger partial charge in [0.25, 0.3) is 0 Å². The molecule has 0 aliphatic carbocycles. The second kappa shape index (κ2) is 4.79. The van der Waals surface area contributed by atoms with E-state index in [1.165, 1.54) is 12.1 Å². The van der Waals surface area contributed by atoms with Crippen LogP contribution in [0, 0.1) is 3.57 Å². The van der Waals surface area contributed by atoms with Crippen LogP contribution in [-0.4, -0.2) is 12.1 Å². The number of benzene rings is 1. The summed E-state index contributed by atoms with van der Waals surface area (Å²) < 4.78 is 40.4. The molecule has 1 aromatic carbocycles. The number of halogens is 5. The Labute approximate surface area is 108 Å². The second-order valence-corrected chi connectivity index (χ2v) is 4.38. The van der Waals surface area contributed by atoms with Crippen LogP contribution in [0.2, 0.25) is 5.02 Å². The molecule has 0 N–H and O–H groups in total. The van der Waals surface area contributed by atoms with Gasteiger partial charge in [0.2, 0.25) is 0 Å². The number of carbonyl (C=O) groups is 1. The Morgan fingerprint density at radius 1 is 1.44 bits per heavy atom. The summed E-state index contributed by atoms with van der Waals surface area (Å²) in [6.07, 6.45) is -4.88. The monoisotopic (exact) mass is 364 g/mol. The fourth-order valence-electron chi connectivity index (χ4n) is 1.02. The minimum Gasteiger partial charge on any atom is -0.403 e. The molecule has 2 nitrogen and oxygen atoms in total. The highest BCUT2D eigenvalue weighted by atomic mass is 127. The van der Waals surface area contributed by atoms with E-state index in [1.807, 2.05) is 0 Å². The predicted octanol–water partition coefficient (Wildman–Crippen LogP) is 4.05. The zero-order valence-electron chi connectivity index (χ0n) is 7.86. The third kappa shape index (κ3) is 3.24. The van der Waals surface area contributed by atoms with Crippen molar-refractivity contribution in [2.75, 3.05) is 0 Å². The smallest absolute Gasteiger partial charge is 0.403 e. The first-order valence-electron chi connectivity index (χ1n) is 3.97. The van der Waals surface area contributed by atoms with Gasteiger partial charge in [0.05, 0.1) is 10.6 Å². The Bertz CT molecular complexity index is 431. The lowest BCUT2D eigenvalue weighted by Gasteiger charge is -2.14. The standard InChI is InChI=1S/C9H5ClF3IO2/c1-4(15)5-2-3-6(14)7(10)8(5)16-9(11,12)13/h2-3H,1H3. The van der Waals surface area contributed by atoms with Crippen LogP contribution in [0.1, 0.15) is 17.3 Å². The van der Waals surface area contributed by atoms with Crippen molar-refractivity contribution in [2.45, 2.75) is 13.3 Å². The Hall–Kier alpha value is -0.500. The van der Waals surface area contributed by atoms with E-state index in [4.69, 9.17) is 11.6 Å². The molecule has 0 radical (unpaired) electrons. The fraction of sp³-hybridized carbons (Fsp3) is 0.222. The molecule has 1 aromatic rings. The van der Waals surface area contributed by atoms with Crippen LogP contribution in [0.25, 0.3) is 0 Å². The SMILES string of the molecule is CC(=O)c1ccc(I)c(Cl)c1OC(F)(F)F. The topological polar surface area (TPSA) is 26.3 Å². The van der Waals surface area contributed by atoms with Gasteiger partial charge in [-0.2, -0.15) is 0 Å². The van der Waals surface area contributed by atoms with Crippen molar-refractivity contribution in [3.8, 4) is 5.75 Å². The first-order chi connectivity index (χ1) is 7.22. The van der Waals surface area contributed by atoms with Gasteiger partial charge in [-0.3, -0.25) is 4.79 Å². The number of alkyl halides is 3. The summed E-state index contributed by atoms with van der Waals surface area (Å²) in [5.41, 5.74) is -0.192. The van der Waals surface area contributed by atoms with E-state index in [0.29, 0.717) is 3.57 Å². The van der Waals surface area contributed by atoms with Crippen molar-refractivity contribution >= 4 is 40.0 Å². The number of hydrogen-bond donors (Lipinski definition) is 0. The normalized spacial score (nSPS) is 11.4. The summed E-state index contributed by atoms with van der Waals surface area (Å²) in [6.45, 7) is 1.14. The van der Waals surface area contributed by atoms with Crippen LogP contribution in [0.3, 0.4) is 0 Å². The lowest BCUT2D eigenvalue weighted by atomic mass is 10.1. The van der Waals surface area contributed by atoms with Gasteiger partial charge in [0.1, 0.15) is 0 Å². The van der Waals surface area contributed by atoms with Gasteiger partial charge >= 0.3 is 6.36 Å².